The molecule has 0 atom stereocenters. The molecule has 0 aromatic heterocycles. The van der Waals surface area contributed by atoms with Crippen molar-refractivity contribution in [2.75, 3.05) is 14.1 Å². The molecule has 2 nitrogen and oxygen atoms in total. The summed E-state index contributed by atoms with van der Waals surface area (Å²) in [6.07, 6.45) is 0. The third-order valence-corrected chi connectivity index (χ3v) is 1.85. The van der Waals surface area contributed by atoms with Gasteiger partial charge in [-0.2, -0.15) is 0 Å². The van der Waals surface area contributed by atoms with Crippen LogP contribution in [-0.4, -0.2) is 14.1 Å². The molecule has 2 heteroatoms. The summed E-state index contributed by atoms with van der Waals surface area (Å²) in [5, 5.41) is 6.31. The molecular weight excluding hydrogens is 148 g/mol. The van der Waals surface area contributed by atoms with Crippen LogP contribution in [0.3, 0.4) is 0 Å². The van der Waals surface area contributed by atoms with Crippen LogP contribution in [0.2, 0.25) is 0 Å². The van der Waals surface area contributed by atoms with Crippen molar-refractivity contribution < 1.29 is 2.85 Å². The molecule has 0 heterocycles. The van der Waals surface area contributed by atoms with Crippen LogP contribution in [0.25, 0.3) is 0 Å². The summed E-state index contributed by atoms with van der Waals surface area (Å²) in [6.45, 7) is 1.88. The topological polar surface area (TPSA) is 24.1 Å². The highest BCUT2D eigenvalue weighted by atomic mass is 14.8. The van der Waals surface area contributed by atoms with Crippen molar-refractivity contribution in [3.05, 3.63) is 35.4 Å². The van der Waals surface area contributed by atoms with E-state index < -0.39 is 0 Å². The third kappa shape index (κ3) is 2.32. The summed E-state index contributed by atoms with van der Waals surface area (Å²) in [4.78, 5) is 0. The SMILES string of the molecule is CNCc1ccccc1CNC.[HH].[HH]. The van der Waals surface area contributed by atoms with E-state index in [9.17, 15) is 0 Å². The average molecular weight is 168 g/mol. The highest BCUT2D eigenvalue weighted by molar-refractivity contribution is 5.26. The van der Waals surface area contributed by atoms with Crippen molar-refractivity contribution in [3.63, 3.8) is 0 Å². The highest BCUT2D eigenvalue weighted by Crippen LogP contribution is 2.07. The van der Waals surface area contributed by atoms with Gasteiger partial charge in [0.2, 0.25) is 0 Å². The summed E-state index contributed by atoms with van der Waals surface area (Å²) in [5.74, 6) is 0. The number of hydrogen-bond acceptors (Lipinski definition) is 2. The van der Waals surface area contributed by atoms with E-state index in [-0.39, 0.29) is 2.85 Å². The van der Waals surface area contributed by atoms with Crippen molar-refractivity contribution in [2.24, 2.45) is 0 Å². The number of nitrogens with one attached hydrogen (secondary N) is 2. The Labute approximate surface area is 77.0 Å². The zero-order valence-corrected chi connectivity index (χ0v) is 7.72. The molecule has 0 amide bonds. The van der Waals surface area contributed by atoms with Gasteiger partial charge in [-0.3, -0.25) is 0 Å². The summed E-state index contributed by atoms with van der Waals surface area (Å²) in [7, 11) is 3.94. The van der Waals surface area contributed by atoms with Gasteiger partial charge in [0.05, 0.1) is 0 Å². The van der Waals surface area contributed by atoms with E-state index in [1.807, 2.05) is 14.1 Å². The minimum Gasteiger partial charge on any atom is -0.316 e. The fraction of sp³-hybridized carbons (Fsp3) is 0.400. The average Bonchev–Trinajstić information content (AvgIpc) is 2.09. The standard InChI is InChI=1S/C10H16N2.2H2/c1-11-7-9-5-3-4-6-10(9)8-12-2;;/h3-6,11-12H,7-8H2,1-2H3;2*1H. The van der Waals surface area contributed by atoms with Crippen molar-refractivity contribution in [3.8, 4) is 0 Å². The van der Waals surface area contributed by atoms with E-state index in [2.05, 4.69) is 34.9 Å². The fourth-order valence-electron chi connectivity index (χ4n) is 1.28. The second kappa shape index (κ2) is 4.91. The van der Waals surface area contributed by atoms with Gasteiger partial charge >= 0.3 is 0 Å². The zero-order chi connectivity index (χ0) is 8.81. The molecule has 1 rings (SSSR count). The number of benzene rings is 1. The molecule has 0 aliphatic heterocycles. The van der Waals surface area contributed by atoms with Gasteiger partial charge in [-0.1, -0.05) is 24.3 Å². The Hall–Kier alpha value is -0.860. The number of hydrogen-bond donors (Lipinski definition) is 2. The van der Waals surface area contributed by atoms with Crippen LogP contribution in [-0.2, 0) is 13.1 Å². The first-order chi connectivity index (χ1) is 5.88. The van der Waals surface area contributed by atoms with E-state index >= 15 is 0 Å². The van der Waals surface area contributed by atoms with Crippen LogP contribution in [0.1, 0.15) is 14.0 Å². The van der Waals surface area contributed by atoms with Crippen LogP contribution in [0.4, 0.5) is 0 Å². The van der Waals surface area contributed by atoms with Crippen LogP contribution >= 0.6 is 0 Å². The highest BCUT2D eigenvalue weighted by Gasteiger charge is 1.97. The first-order valence-corrected chi connectivity index (χ1v) is 4.24. The van der Waals surface area contributed by atoms with E-state index in [0.29, 0.717) is 0 Å². The van der Waals surface area contributed by atoms with Gasteiger partial charge in [-0.25, -0.2) is 0 Å². The molecule has 0 saturated heterocycles. The third-order valence-electron chi connectivity index (χ3n) is 1.85. The Morgan fingerprint density at radius 1 is 1.00 bits per heavy atom. The van der Waals surface area contributed by atoms with Crippen molar-refractivity contribution >= 4 is 0 Å². The summed E-state index contributed by atoms with van der Waals surface area (Å²) < 4.78 is 0. The van der Waals surface area contributed by atoms with Gasteiger partial charge < -0.3 is 10.6 Å². The largest absolute Gasteiger partial charge is 0.316 e. The lowest BCUT2D eigenvalue weighted by molar-refractivity contribution is 0.767. The Morgan fingerprint density at radius 3 is 1.75 bits per heavy atom. The van der Waals surface area contributed by atoms with Gasteiger partial charge in [0.1, 0.15) is 0 Å². The molecule has 0 saturated carbocycles. The van der Waals surface area contributed by atoms with E-state index in [1.54, 1.807) is 0 Å². The van der Waals surface area contributed by atoms with Crippen molar-refractivity contribution in [2.45, 2.75) is 13.1 Å². The van der Waals surface area contributed by atoms with Crippen molar-refractivity contribution in [1.82, 2.24) is 10.6 Å². The lowest BCUT2D eigenvalue weighted by atomic mass is 10.1. The maximum atomic E-state index is 3.16. The first kappa shape index (κ1) is 9.23. The fourth-order valence-corrected chi connectivity index (χ4v) is 1.28. The van der Waals surface area contributed by atoms with Crippen molar-refractivity contribution in [1.29, 1.82) is 0 Å². The molecule has 70 valence electrons. The minimum absolute atomic E-state index is 0. The predicted molar refractivity (Wildman–Crippen MR) is 56.2 cm³/mol. The van der Waals surface area contributed by atoms with Crippen LogP contribution in [0.5, 0.6) is 0 Å². The normalized spacial score (nSPS) is 10.2. The maximum absolute atomic E-state index is 3.16. The Balaban J connectivity index is 0. The van der Waals surface area contributed by atoms with Gasteiger partial charge in [0.15, 0.2) is 0 Å². The molecule has 0 spiro atoms. The molecule has 12 heavy (non-hydrogen) atoms. The second-order valence-electron chi connectivity index (χ2n) is 2.83. The lowest BCUT2D eigenvalue weighted by Gasteiger charge is -2.07. The summed E-state index contributed by atoms with van der Waals surface area (Å²) in [6, 6.07) is 8.46. The molecule has 0 fully saturated rings. The van der Waals surface area contributed by atoms with Gasteiger partial charge in [0, 0.05) is 15.9 Å². The van der Waals surface area contributed by atoms with Crippen LogP contribution in [0, 0.1) is 0 Å². The van der Waals surface area contributed by atoms with E-state index in [1.165, 1.54) is 11.1 Å². The van der Waals surface area contributed by atoms with E-state index in [0.717, 1.165) is 13.1 Å². The smallest absolute Gasteiger partial charge is 0.0205 e. The minimum atomic E-state index is 0. The van der Waals surface area contributed by atoms with Gasteiger partial charge in [-0.05, 0) is 25.2 Å². The lowest BCUT2D eigenvalue weighted by Crippen LogP contribution is -2.12. The molecule has 1 aromatic carbocycles. The summed E-state index contributed by atoms with van der Waals surface area (Å²) >= 11 is 0. The molecule has 0 bridgehead atoms. The van der Waals surface area contributed by atoms with Gasteiger partial charge in [0.25, 0.3) is 0 Å². The second-order valence-corrected chi connectivity index (χ2v) is 2.83. The quantitative estimate of drug-likeness (QED) is 0.714. The molecule has 2 N–H and O–H groups in total. The molecule has 1 aromatic rings. The van der Waals surface area contributed by atoms with E-state index in [4.69, 9.17) is 0 Å². The zero-order valence-electron chi connectivity index (χ0n) is 7.72. The number of rotatable bonds is 4. The predicted octanol–water partition coefficient (Wildman–Crippen LogP) is 1.62. The monoisotopic (exact) mass is 168 g/mol. The summed E-state index contributed by atoms with van der Waals surface area (Å²) in [5.41, 5.74) is 2.74. The Bertz CT molecular complexity index is 216. The first-order valence-electron chi connectivity index (χ1n) is 4.24. The van der Waals surface area contributed by atoms with Gasteiger partial charge in [-0.15, -0.1) is 0 Å². The Kier molecular flexibility index (Phi) is 3.77. The molecule has 0 aliphatic carbocycles. The molecule has 0 radical (unpaired) electrons. The van der Waals surface area contributed by atoms with Crippen LogP contribution in [0.15, 0.2) is 24.3 Å². The molecular formula is C10H20N2. The molecule has 0 unspecified atom stereocenters. The maximum Gasteiger partial charge on any atom is 0.0205 e. The molecule has 0 aliphatic rings. The van der Waals surface area contributed by atoms with Crippen LogP contribution < -0.4 is 10.6 Å². The Morgan fingerprint density at radius 2 is 1.42 bits per heavy atom.